The number of hydrogen-bond donors (Lipinski definition) is 1. The first-order chi connectivity index (χ1) is 9.22. The first-order valence-electron chi connectivity index (χ1n) is 8.34. The Hall–Kier alpha value is -0.120. The number of nitrogens with one attached hydrogen (secondary N) is 1. The predicted molar refractivity (Wildman–Crippen MR) is 87.2 cm³/mol. The van der Waals surface area contributed by atoms with Crippen LogP contribution in [0.5, 0.6) is 0 Å². The first kappa shape index (κ1) is 17.9. The van der Waals surface area contributed by atoms with Crippen LogP contribution < -0.4 is 5.32 Å². The molecule has 1 heterocycles. The SMILES string of the molecule is CCC(C)C1CN(CCOC(C)(C)C)C(C)(CC)CN1. The van der Waals surface area contributed by atoms with Crippen molar-refractivity contribution in [3.05, 3.63) is 0 Å². The number of rotatable bonds is 6. The topological polar surface area (TPSA) is 24.5 Å². The van der Waals surface area contributed by atoms with Crippen LogP contribution in [0.3, 0.4) is 0 Å². The molecule has 0 spiro atoms. The zero-order valence-corrected chi connectivity index (χ0v) is 14.8. The van der Waals surface area contributed by atoms with Crippen molar-refractivity contribution in [2.75, 3.05) is 26.2 Å². The van der Waals surface area contributed by atoms with Gasteiger partial charge in [0.05, 0.1) is 12.2 Å². The Morgan fingerprint density at radius 3 is 2.50 bits per heavy atom. The van der Waals surface area contributed by atoms with Crippen molar-refractivity contribution in [2.45, 2.75) is 78.5 Å². The summed E-state index contributed by atoms with van der Waals surface area (Å²) in [5.41, 5.74) is 0.234. The average Bonchev–Trinajstić information content (AvgIpc) is 2.38. The van der Waals surface area contributed by atoms with Gasteiger partial charge in [0.25, 0.3) is 0 Å². The fourth-order valence-corrected chi connectivity index (χ4v) is 2.82. The summed E-state index contributed by atoms with van der Waals surface area (Å²) in [6, 6.07) is 0.620. The molecule has 3 nitrogen and oxygen atoms in total. The lowest BCUT2D eigenvalue weighted by molar-refractivity contribution is -0.0398. The Morgan fingerprint density at radius 2 is 2.00 bits per heavy atom. The third-order valence-corrected chi connectivity index (χ3v) is 4.91. The van der Waals surface area contributed by atoms with Crippen molar-refractivity contribution >= 4 is 0 Å². The maximum absolute atomic E-state index is 5.93. The summed E-state index contributed by atoms with van der Waals surface area (Å²) in [6.45, 7) is 19.8. The molecule has 1 rings (SSSR count). The van der Waals surface area contributed by atoms with E-state index in [4.69, 9.17) is 4.74 Å². The van der Waals surface area contributed by atoms with Crippen LogP contribution in [0.4, 0.5) is 0 Å². The summed E-state index contributed by atoms with van der Waals surface area (Å²) >= 11 is 0. The van der Waals surface area contributed by atoms with Gasteiger partial charge in [0.15, 0.2) is 0 Å². The predicted octanol–water partition coefficient (Wildman–Crippen LogP) is 3.29. The van der Waals surface area contributed by atoms with E-state index in [-0.39, 0.29) is 11.1 Å². The quantitative estimate of drug-likeness (QED) is 0.810. The van der Waals surface area contributed by atoms with Crippen LogP contribution in [0, 0.1) is 5.92 Å². The molecule has 0 aliphatic carbocycles. The largest absolute Gasteiger partial charge is 0.375 e. The molecule has 0 bridgehead atoms. The van der Waals surface area contributed by atoms with Crippen molar-refractivity contribution in [1.82, 2.24) is 10.2 Å². The molecular weight excluding hydrogens is 248 g/mol. The lowest BCUT2D eigenvalue weighted by Crippen LogP contribution is -2.64. The van der Waals surface area contributed by atoms with Gasteiger partial charge in [-0.25, -0.2) is 0 Å². The highest BCUT2D eigenvalue weighted by molar-refractivity contribution is 4.96. The third kappa shape index (κ3) is 5.01. The van der Waals surface area contributed by atoms with Crippen LogP contribution in [0.1, 0.15) is 61.3 Å². The molecule has 1 aliphatic heterocycles. The minimum absolute atomic E-state index is 0.0350. The smallest absolute Gasteiger partial charge is 0.0600 e. The molecule has 1 saturated heterocycles. The van der Waals surface area contributed by atoms with Gasteiger partial charge in [0.1, 0.15) is 0 Å². The summed E-state index contributed by atoms with van der Waals surface area (Å²) < 4.78 is 5.93. The minimum Gasteiger partial charge on any atom is -0.375 e. The van der Waals surface area contributed by atoms with Crippen molar-refractivity contribution < 1.29 is 4.74 Å². The van der Waals surface area contributed by atoms with Gasteiger partial charge in [-0.2, -0.15) is 0 Å². The van der Waals surface area contributed by atoms with Crippen LogP contribution in [0.25, 0.3) is 0 Å². The second-order valence-corrected chi connectivity index (χ2v) is 7.63. The van der Waals surface area contributed by atoms with E-state index in [1.807, 2.05) is 0 Å². The van der Waals surface area contributed by atoms with Crippen LogP contribution in [-0.4, -0.2) is 48.3 Å². The Balaban J connectivity index is 2.60. The van der Waals surface area contributed by atoms with Gasteiger partial charge in [-0.05, 0) is 40.0 Å². The molecular formula is C17H36N2O. The van der Waals surface area contributed by atoms with Crippen molar-refractivity contribution in [3.63, 3.8) is 0 Å². The summed E-state index contributed by atoms with van der Waals surface area (Å²) in [5.74, 6) is 0.738. The standard InChI is InChI=1S/C17H36N2O/c1-8-14(3)15-12-19(10-11-20-16(4,5)6)17(7,9-2)13-18-15/h14-15,18H,8-13H2,1-7H3. The normalized spacial score (nSPS) is 30.4. The molecule has 1 N–H and O–H groups in total. The summed E-state index contributed by atoms with van der Waals surface area (Å²) in [5, 5.41) is 3.77. The molecule has 3 heteroatoms. The Kier molecular flexibility index (Phi) is 6.49. The van der Waals surface area contributed by atoms with Crippen molar-refractivity contribution in [3.8, 4) is 0 Å². The molecule has 0 aromatic rings. The van der Waals surface area contributed by atoms with Crippen molar-refractivity contribution in [1.29, 1.82) is 0 Å². The fraction of sp³-hybridized carbons (Fsp3) is 1.00. The first-order valence-corrected chi connectivity index (χ1v) is 8.34. The molecule has 0 radical (unpaired) electrons. The van der Waals surface area contributed by atoms with E-state index in [0.717, 1.165) is 32.2 Å². The molecule has 3 unspecified atom stereocenters. The second kappa shape index (κ2) is 7.24. The van der Waals surface area contributed by atoms with Gasteiger partial charge >= 0.3 is 0 Å². The Labute approximate surface area is 126 Å². The Bertz CT molecular complexity index is 287. The molecule has 20 heavy (non-hydrogen) atoms. The van der Waals surface area contributed by atoms with Gasteiger partial charge in [-0.3, -0.25) is 4.90 Å². The highest BCUT2D eigenvalue weighted by Crippen LogP contribution is 2.25. The molecule has 3 atom stereocenters. The van der Waals surface area contributed by atoms with E-state index in [1.165, 1.54) is 12.8 Å². The molecule has 120 valence electrons. The minimum atomic E-state index is -0.0350. The highest BCUT2D eigenvalue weighted by atomic mass is 16.5. The molecule has 0 amide bonds. The maximum Gasteiger partial charge on any atom is 0.0600 e. The zero-order valence-electron chi connectivity index (χ0n) is 14.8. The van der Waals surface area contributed by atoms with Gasteiger partial charge in [-0.15, -0.1) is 0 Å². The molecule has 0 aromatic heterocycles. The van der Waals surface area contributed by atoms with E-state index in [9.17, 15) is 0 Å². The number of ether oxygens (including phenoxy) is 1. The molecule has 0 aromatic carbocycles. The van der Waals surface area contributed by atoms with Crippen LogP contribution in [0.15, 0.2) is 0 Å². The fourth-order valence-electron chi connectivity index (χ4n) is 2.82. The van der Waals surface area contributed by atoms with Crippen LogP contribution >= 0.6 is 0 Å². The van der Waals surface area contributed by atoms with Gasteiger partial charge in [0, 0.05) is 31.2 Å². The summed E-state index contributed by atoms with van der Waals surface area (Å²) in [7, 11) is 0. The van der Waals surface area contributed by atoms with E-state index in [0.29, 0.717) is 6.04 Å². The summed E-state index contributed by atoms with van der Waals surface area (Å²) in [6.07, 6.45) is 2.43. The lowest BCUT2D eigenvalue weighted by atomic mass is 9.88. The van der Waals surface area contributed by atoms with Gasteiger partial charge < -0.3 is 10.1 Å². The molecule has 1 aliphatic rings. The zero-order chi connectivity index (χ0) is 15.4. The monoisotopic (exact) mass is 284 g/mol. The van der Waals surface area contributed by atoms with Crippen LogP contribution in [0.2, 0.25) is 0 Å². The van der Waals surface area contributed by atoms with E-state index >= 15 is 0 Å². The lowest BCUT2D eigenvalue weighted by Gasteiger charge is -2.49. The van der Waals surface area contributed by atoms with E-state index < -0.39 is 0 Å². The average molecular weight is 284 g/mol. The maximum atomic E-state index is 5.93. The van der Waals surface area contributed by atoms with Crippen molar-refractivity contribution in [2.24, 2.45) is 5.92 Å². The number of piperazine rings is 1. The number of hydrogen-bond acceptors (Lipinski definition) is 3. The third-order valence-electron chi connectivity index (χ3n) is 4.91. The summed E-state index contributed by atoms with van der Waals surface area (Å²) in [4.78, 5) is 2.64. The Morgan fingerprint density at radius 1 is 1.35 bits per heavy atom. The molecule has 0 saturated carbocycles. The van der Waals surface area contributed by atoms with Crippen LogP contribution in [-0.2, 0) is 4.74 Å². The highest BCUT2D eigenvalue weighted by Gasteiger charge is 2.37. The van der Waals surface area contributed by atoms with E-state index in [1.54, 1.807) is 0 Å². The van der Waals surface area contributed by atoms with Gasteiger partial charge in [-0.1, -0.05) is 27.2 Å². The molecule has 1 fully saturated rings. The van der Waals surface area contributed by atoms with Gasteiger partial charge in [0.2, 0.25) is 0 Å². The second-order valence-electron chi connectivity index (χ2n) is 7.63. The van der Waals surface area contributed by atoms with E-state index in [2.05, 4.69) is 58.7 Å². The number of nitrogens with zero attached hydrogens (tertiary/aromatic N) is 1.